The standard InChI is InChI=1S/C30H26N4O4/c1-38-24-13-7-2-8-17(24)16-34-27(35)25-23(14-18-15-31-21-11-5-3-9-19(18)21)33-30(26(25)28(34)36)20-10-4-6-12-22(20)32-29(30)37/h2-13,15,23,25-26,31,33H,14,16H2,1H3,(H,32,37)/t23?,25-,26+,30?/m1/s1. The summed E-state index contributed by atoms with van der Waals surface area (Å²) < 4.78 is 5.48. The summed E-state index contributed by atoms with van der Waals surface area (Å²) in [7, 11) is 1.57. The largest absolute Gasteiger partial charge is 0.496 e. The quantitative estimate of drug-likeness (QED) is 0.360. The molecular weight excluding hydrogens is 480 g/mol. The number of H-pyrrole nitrogens is 1. The molecule has 3 amide bonds. The van der Waals surface area contributed by atoms with E-state index in [1.165, 1.54) is 4.90 Å². The topological polar surface area (TPSA) is 104 Å². The number of likely N-dealkylation sites (tertiary alicyclic amines) is 1. The lowest BCUT2D eigenvalue weighted by Crippen LogP contribution is -2.53. The Bertz CT molecular complexity index is 1630. The van der Waals surface area contributed by atoms with Crippen LogP contribution in [-0.2, 0) is 32.9 Å². The number of nitrogens with one attached hydrogen (secondary N) is 3. The molecule has 7 rings (SSSR count). The van der Waals surface area contributed by atoms with Crippen molar-refractivity contribution in [1.82, 2.24) is 15.2 Å². The fourth-order valence-corrected chi connectivity index (χ4v) is 6.69. The summed E-state index contributed by atoms with van der Waals surface area (Å²) in [5, 5.41) is 7.55. The minimum atomic E-state index is -1.32. The van der Waals surface area contributed by atoms with Gasteiger partial charge in [0.05, 0.1) is 25.5 Å². The van der Waals surface area contributed by atoms with E-state index < -0.39 is 23.4 Å². The average molecular weight is 507 g/mol. The molecule has 8 heteroatoms. The van der Waals surface area contributed by atoms with Gasteiger partial charge in [-0.1, -0.05) is 54.6 Å². The van der Waals surface area contributed by atoms with Crippen LogP contribution in [0.4, 0.5) is 5.69 Å². The van der Waals surface area contributed by atoms with E-state index in [1.54, 1.807) is 7.11 Å². The number of fused-ring (bicyclic) bond motifs is 5. The first kappa shape index (κ1) is 22.7. The zero-order chi connectivity index (χ0) is 26.0. The molecule has 3 aliphatic rings. The van der Waals surface area contributed by atoms with Gasteiger partial charge in [-0.15, -0.1) is 0 Å². The molecule has 3 N–H and O–H groups in total. The molecule has 4 atom stereocenters. The molecule has 0 saturated carbocycles. The van der Waals surface area contributed by atoms with Crippen molar-refractivity contribution < 1.29 is 19.1 Å². The second-order valence-corrected chi connectivity index (χ2v) is 10.2. The van der Waals surface area contributed by atoms with Crippen molar-refractivity contribution in [3.8, 4) is 5.75 Å². The maximum atomic E-state index is 14.1. The first-order valence-electron chi connectivity index (χ1n) is 12.7. The maximum Gasteiger partial charge on any atom is 0.250 e. The van der Waals surface area contributed by atoms with E-state index in [4.69, 9.17) is 4.74 Å². The number of para-hydroxylation sites is 3. The van der Waals surface area contributed by atoms with Crippen LogP contribution in [0.1, 0.15) is 16.7 Å². The lowest BCUT2D eigenvalue weighted by atomic mass is 9.76. The van der Waals surface area contributed by atoms with Gasteiger partial charge in [0, 0.05) is 40.0 Å². The predicted octanol–water partition coefficient (Wildman–Crippen LogP) is 3.34. The summed E-state index contributed by atoms with van der Waals surface area (Å²) in [6, 6.07) is 22.3. The molecule has 8 nitrogen and oxygen atoms in total. The van der Waals surface area contributed by atoms with E-state index in [1.807, 2.05) is 79.0 Å². The molecule has 1 spiro atoms. The Morgan fingerprint density at radius 3 is 2.53 bits per heavy atom. The van der Waals surface area contributed by atoms with Gasteiger partial charge in [0.25, 0.3) is 0 Å². The van der Waals surface area contributed by atoms with Gasteiger partial charge in [-0.25, -0.2) is 0 Å². The van der Waals surface area contributed by atoms with Crippen LogP contribution in [0.2, 0.25) is 0 Å². The number of nitrogens with zero attached hydrogens (tertiary/aromatic N) is 1. The number of imide groups is 1. The maximum absolute atomic E-state index is 14.1. The molecule has 2 unspecified atom stereocenters. The number of rotatable bonds is 5. The number of ether oxygens (including phenoxy) is 1. The van der Waals surface area contributed by atoms with E-state index in [9.17, 15) is 14.4 Å². The first-order valence-corrected chi connectivity index (χ1v) is 12.7. The molecule has 4 heterocycles. The fourth-order valence-electron chi connectivity index (χ4n) is 6.69. The monoisotopic (exact) mass is 506 g/mol. The SMILES string of the molecule is COc1ccccc1CN1C(=O)[C@@H]2C(Cc3c[nH]c4ccccc34)NC3(C(=O)Nc4ccccc43)[C@@H]2C1=O. The zero-order valence-corrected chi connectivity index (χ0v) is 20.7. The van der Waals surface area contributed by atoms with Gasteiger partial charge in [0.15, 0.2) is 0 Å². The molecule has 1 aromatic heterocycles. The number of carbonyl (C=O) groups is 3. The first-order chi connectivity index (χ1) is 18.5. The molecule has 0 radical (unpaired) electrons. The lowest BCUT2D eigenvalue weighted by molar-refractivity contribution is -0.143. The molecule has 3 aromatic carbocycles. The summed E-state index contributed by atoms with van der Waals surface area (Å²) >= 11 is 0. The number of hydrogen-bond acceptors (Lipinski definition) is 5. The lowest BCUT2D eigenvalue weighted by Gasteiger charge is -2.29. The van der Waals surface area contributed by atoms with Crippen molar-refractivity contribution >= 4 is 34.3 Å². The van der Waals surface area contributed by atoms with Gasteiger partial charge in [-0.05, 0) is 30.2 Å². The summed E-state index contributed by atoms with van der Waals surface area (Å²) in [6.45, 7) is 0.0911. The van der Waals surface area contributed by atoms with Gasteiger partial charge >= 0.3 is 0 Å². The Kier molecular flexibility index (Phi) is 4.96. The molecule has 2 saturated heterocycles. The van der Waals surface area contributed by atoms with Crippen LogP contribution in [-0.4, -0.2) is 40.8 Å². The Morgan fingerprint density at radius 2 is 1.66 bits per heavy atom. The van der Waals surface area contributed by atoms with Gasteiger partial charge in [0.1, 0.15) is 11.3 Å². The zero-order valence-electron chi connectivity index (χ0n) is 20.7. The second kappa shape index (κ2) is 8.29. The van der Waals surface area contributed by atoms with E-state index >= 15 is 0 Å². The van der Waals surface area contributed by atoms with E-state index in [-0.39, 0.29) is 24.3 Å². The highest BCUT2D eigenvalue weighted by atomic mass is 16.5. The second-order valence-electron chi connectivity index (χ2n) is 10.2. The highest BCUT2D eigenvalue weighted by Gasteiger charge is 2.70. The highest BCUT2D eigenvalue weighted by Crippen LogP contribution is 2.53. The smallest absolute Gasteiger partial charge is 0.250 e. The third-order valence-electron chi connectivity index (χ3n) is 8.35. The number of aromatic amines is 1. The summed E-state index contributed by atoms with van der Waals surface area (Å²) in [5.74, 6) is -1.84. The average Bonchev–Trinajstić information content (AvgIpc) is 3.65. The molecule has 2 fully saturated rings. The van der Waals surface area contributed by atoms with Crippen molar-refractivity contribution in [1.29, 1.82) is 0 Å². The minimum absolute atomic E-state index is 0.0911. The number of hydrogen-bond donors (Lipinski definition) is 3. The van der Waals surface area contributed by atoms with E-state index in [2.05, 4.69) is 15.6 Å². The highest BCUT2D eigenvalue weighted by molar-refractivity contribution is 6.15. The Balaban J connectivity index is 1.33. The summed E-state index contributed by atoms with van der Waals surface area (Å²) in [4.78, 5) is 46.5. The van der Waals surface area contributed by atoms with Crippen molar-refractivity contribution in [2.45, 2.75) is 24.5 Å². The third kappa shape index (κ3) is 3.04. The van der Waals surface area contributed by atoms with Crippen LogP contribution < -0.4 is 15.4 Å². The van der Waals surface area contributed by atoms with Crippen molar-refractivity contribution in [2.75, 3.05) is 12.4 Å². The number of carbonyl (C=O) groups excluding carboxylic acids is 3. The van der Waals surface area contributed by atoms with Crippen molar-refractivity contribution in [3.05, 3.63) is 95.7 Å². The Morgan fingerprint density at radius 1 is 0.895 bits per heavy atom. The Hall–Kier alpha value is -4.43. The molecule has 0 aliphatic carbocycles. The van der Waals surface area contributed by atoms with Crippen LogP contribution in [0.5, 0.6) is 5.75 Å². The number of aromatic nitrogens is 1. The van der Waals surface area contributed by atoms with Crippen molar-refractivity contribution in [2.24, 2.45) is 11.8 Å². The van der Waals surface area contributed by atoms with Crippen LogP contribution in [0.15, 0.2) is 79.0 Å². The molecule has 38 heavy (non-hydrogen) atoms. The summed E-state index contributed by atoms with van der Waals surface area (Å²) in [5.41, 5.74) is 2.83. The third-order valence-corrected chi connectivity index (χ3v) is 8.35. The van der Waals surface area contributed by atoms with E-state index in [0.717, 1.165) is 22.0 Å². The Labute approximate surface area is 219 Å². The molecule has 0 bridgehead atoms. The number of benzene rings is 3. The van der Waals surface area contributed by atoms with Gasteiger partial charge in [0.2, 0.25) is 17.7 Å². The normalized spacial score (nSPS) is 25.8. The van der Waals surface area contributed by atoms with Crippen molar-refractivity contribution in [3.63, 3.8) is 0 Å². The molecule has 4 aromatic rings. The summed E-state index contributed by atoms with van der Waals surface area (Å²) in [6.07, 6.45) is 2.44. The number of amides is 3. The predicted molar refractivity (Wildman–Crippen MR) is 141 cm³/mol. The van der Waals surface area contributed by atoms with Crippen LogP contribution in [0.25, 0.3) is 10.9 Å². The fraction of sp³-hybridized carbons (Fsp3) is 0.233. The van der Waals surface area contributed by atoms with Gasteiger partial charge < -0.3 is 15.0 Å². The number of methoxy groups -OCH3 is 1. The molecular formula is C30H26N4O4. The number of anilines is 1. The van der Waals surface area contributed by atoms with Crippen LogP contribution in [0, 0.1) is 11.8 Å². The van der Waals surface area contributed by atoms with Gasteiger partial charge in [-0.2, -0.15) is 0 Å². The van der Waals surface area contributed by atoms with E-state index in [0.29, 0.717) is 23.4 Å². The molecule has 3 aliphatic heterocycles. The minimum Gasteiger partial charge on any atom is -0.496 e. The molecule has 190 valence electrons. The van der Waals surface area contributed by atoms with Gasteiger partial charge in [-0.3, -0.25) is 24.6 Å². The van der Waals surface area contributed by atoms with Crippen LogP contribution in [0.3, 0.4) is 0 Å². The van der Waals surface area contributed by atoms with Crippen LogP contribution >= 0.6 is 0 Å².